The van der Waals surface area contributed by atoms with Gasteiger partial charge in [0.25, 0.3) is 0 Å². The van der Waals surface area contributed by atoms with E-state index in [0.717, 1.165) is 5.69 Å². The molecule has 1 aromatic rings. The minimum Gasteiger partial charge on any atom is -0.343 e. The molecule has 0 saturated carbocycles. The second-order valence-corrected chi connectivity index (χ2v) is 7.10. The number of nitrogens with zero attached hydrogens (tertiary/aromatic N) is 1. The van der Waals surface area contributed by atoms with Gasteiger partial charge in [-0.1, -0.05) is 32.4 Å². The molecule has 1 fully saturated rings. The standard InChI is InChI=1S/C16H22ClN3O2.ClH/c1-16(2,3)13(18)14(21)19-12-8-9-20(15(12)22)11-6-4-10(17)5-7-11;/h4-7,12-13H,8-9,18H2,1-3H3,(H,19,21);1H/t12?,13-;/m1./s1. The first-order valence-electron chi connectivity index (χ1n) is 7.33. The maximum atomic E-state index is 12.4. The maximum absolute atomic E-state index is 12.4. The molecule has 5 nitrogen and oxygen atoms in total. The number of hydrogen-bond acceptors (Lipinski definition) is 3. The van der Waals surface area contributed by atoms with Crippen molar-refractivity contribution in [3.8, 4) is 0 Å². The number of amides is 2. The van der Waals surface area contributed by atoms with Gasteiger partial charge in [0.1, 0.15) is 6.04 Å². The Morgan fingerprint density at radius 1 is 1.35 bits per heavy atom. The molecule has 1 heterocycles. The van der Waals surface area contributed by atoms with Crippen LogP contribution in [0.4, 0.5) is 5.69 Å². The van der Waals surface area contributed by atoms with Gasteiger partial charge in [0, 0.05) is 17.3 Å². The number of nitrogens with two attached hydrogens (primary N) is 1. The van der Waals surface area contributed by atoms with E-state index in [2.05, 4.69) is 5.32 Å². The van der Waals surface area contributed by atoms with Crippen molar-refractivity contribution in [1.29, 1.82) is 0 Å². The van der Waals surface area contributed by atoms with Crippen molar-refractivity contribution in [2.75, 3.05) is 11.4 Å². The number of halogens is 2. The van der Waals surface area contributed by atoms with Gasteiger partial charge < -0.3 is 16.0 Å². The highest BCUT2D eigenvalue weighted by molar-refractivity contribution is 6.30. The zero-order valence-electron chi connectivity index (χ0n) is 13.5. The van der Waals surface area contributed by atoms with Crippen LogP contribution in [0.1, 0.15) is 27.2 Å². The summed E-state index contributed by atoms with van der Waals surface area (Å²) >= 11 is 5.86. The highest BCUT2D eigenvalue weighted by atomic mass is 35.5. The molecular weight excluding hydrogens is 337 g/mol. The monoisotopic (exact) mass is 359 g/mol. The predicted octanol–water partition coefficient (Wildman–Crippen LogP) is 2.36. The smallest absolute Gasteiger partial charge is 0.249 e. The maximum Gasteiger partial charge on any atom is 0.249 e. The number of rotatable bonds is 3. The molecule has 0 radical (unpaired) electrons. The number of hydrogen-bond donors (Lipinski definition) is 2. The quantitative estimate of drug-likeness (QED) is 0.869. The largest absolute Gasteiger partial charge is 0.343 e. The molecule has 1 aliphatic rings. The Kier molecular flexibility index (Phi) is 6.45. The SMILES string of the molecule is CC(C)(C)[C@H](N)C(=O)NC1CCN(c2ccc(Cl)cc2)C1=O.Cl. The molecule has 23 heavy (non-hydrogen) atoms. The normalized spacial score (nSPS) is 19.3. The van der Waals surface area contributed by atoms with Gasteiger partial charge in [-0.05, 0) is 36.1 Å². The van der Waals surface area contributed by atoms with Crippen LogP contribution in [0.25, 0.3) is 0 Å². The predicted molar refractivity (Wildman–Crippen MR) is 95.0 cm³/mol. The van der Waals surface area contributed by atoms with Crippen molar-refractivity contribution in [2.24, 2.45) is 11.1 Å². The Morgan fingerprint density at radius 3 is 2.43 bits per heavy atom. The first-order chi connectivity index (χ1) is 10.2. The van der Waals surface area contributed by atoms with Gasteiger partial charge in [-0.3, -0.25) is 9.59 Å². The summed E-state index contributed by atoms with van der Waals surface area (Å²) in [6.45, 7) is 6.26. The summed E-state index contributed by atoms with van der Waals surface area (Å²) < 4.78 is 0. The lowest BCUT2D eigenvalue weighted by molar-refractivity contribution is -0.128. The van der Waals surface area contributed by atoms with E-state index in [1.165, 1.54) is 0 Å². The van der Waals surface area contributed by atoms with E-state index < -0.39 is 12.1 Å². The van der Waals surface area contributed by atoms with Crippen LogP contribution >= 0.6 is 24.0 Å². The molecule has 0 aliphatic carbocycles. The zero-order valence-corrected chi connectivity index (χ0v) is 15.1. The summed E-state index contributed by atoms with van der Waals surface area (Å²) in [6, 6.07) is 5.91. The summed E-state index contributed by atoms with van der Waals surface area (Å²) in [4.78, 5) is 26.2. The molecule has 1 aliphatic heterocycles. The number of benzene rings is 1. The molecule has 1 saturated heterocycles. The third-order valence-electron chi connectivity index (χ3n) is 3.88. The second-order valence-electron chi connectivity index (χ2n) is 6.66. The Balaban J connectivity index is 0.00000264. The fourth-order valence-corrected chi connectivity index (χ4v) is 2.47. The van der Waals surface area contributed by atoms with Crippen molar-refractivity contribution in [3.05, 3.63) is 29.3 Å². The summed E-state index contributed by atoms with van der Waals surface area (Å²) in [5.74, 6) is -0.402. The fourth-order valence-electron chi connectivity index (χ4n) is 2.35. The summed E-state index contributed by atoms with van der Waals surface area (Å²) in [6.07, 6.45) is 0.573. The van der Waals surface area contributed by atoms with Crippen LogP contribution in [0.3, 0.4) is 0 Å². The topological polar surface area (TPSA) is 75.4 Å². The number of nitrogens with one attached hydrogen (secondary N) is 1. The Bertz CT molecular complexity index is 570. The first-order valence-corrected chi connectivity index (χ1v) is 7.71. The minimum absolute atomic E-state index is 0. The van der Waals surface area contributed by atoms with Crippen LogP contribution in [-0.2, 0) is 9.59 Å². The Labute approximate surface area is 148 Å². The third kappa shape index (κ3) is 4.59. The molecule has 2 atom stereocenters. The van der Waals surface area contributed by atoms with E-state index in [1.54, 1.807) is 29.2 Å². The summed E-state index contributed by atoms with van der Waals surface area (Å²) in [7, 11) is 0. The van der Waals surface area contributed by atoms with Gasteiger partial charge in [-0.2, -0.15) is 0 Å². The zero-order chi connectivity index (χ0) is 16.5. The molecule has 0 aromatic heterocycles. The first kappa shape index (κ1) is 19.7. The van der Waals surface area contributed by atoms with E-state index in [1.807, 2.05) is 20.8 Å². The molecule has 2 amide bonds. The van der Waals surface area contributed by atoms with Crippen molar-refractivity contribution < 1.29 is 9.59 Å². The van der Waals surface area contributed by atoms with Crippen LogP contribution in [0.2, 0.25) is 5.02 Å². The van der Waals surface area contributed by atoms with Gasteiger partial charge in [0.2, 0.25) is 11.8 Å². The van der Waals surface area contributed by atoms with Crippen molar-refractivity contribution in [1.82, 2.24) is 5.32 Å². The van der Waals surface area contributed by atoms with Crippen LogP contribution in [-0.4, -0.2) is 30.4 Å². The molecule has 3 N–H and O–H groups in total. The average Bonchev–Trinajstić information content (AvgIpc) is 2.79. The van der Waals surface area contributed by atoms with Gasteiger partial charge in [0.05, 0.1) is 6.04 Å². The van der Waals surface area contributed by atoms with Crippen molar-refractivity contribution in [2.45, 2.75) is 39.3 Å². The van der Waals surface area contributed by atoms with Crippen molar-refractivity contribution in [3.63, 3.8) is 0 Å². The number of carbonyl (C=O) groups is 2. The van der Waals surface area contributed by atoms with E-state index in [-0.39, 0.29) is 29.6 Å². The van der Waals surface area contributed by atoms with Gasteiger partial charge in [-0.15, -0.1) is 12.4 Å². The van der Waals surface area contributed by atoms with Gasteiger partial charge in [-0.25, -0.2) is 0 Å². The Hall–Kier alpha value is -1.30. The average molecular weight is 360 g/mol. The lowest BCUT2D eigenvalue weighted by Crippen LogP contribution is -2.53. The molecular formula is C16H23Cl2N3O2. The van der Waals surface area contributed by atoms with E-state index in [9.17, 15) is 9.59 Å². The number of anilines is 1. The second kappa shape index (κ2) is 7.51. The van der Waals surface area contributed by atoms with Gasteiger partial charge >= 0.3 is 0 Å². The fraction of sp³-hybridized carbons (Fsp3) is 0.500. The van der Waals surface area contributed by atoms with Crippen LogP contribution in [0, 0.1) is 5.41 Å². The number of carbonyl (C=O) groups excluding carboxylic acids is 2. The van der Waals surface area contributed by atoms with Crippen LogP contribution in [0.15, 0.2) is 24.3 Å². The molecule has 0 spiro atoms. The van der Waals surface area contributed by atoms with Crippen LogP contribution < -0.4 is 16.0 Å². The highest BCUT2D eigenvalue weighted by Gasteiger charge is 2.36. The summed E-state index contributed by atoms with van der Waals surface area (Å²) in [5.41, 5.74) is 6.37. The summed E-state index contributed by atoms with van der Waals surface area (Å²) in [5, 5.41) is 3.39. The molecule has 7 heteroatoms. The molecule has 2 rings (SSSR count). The Morgan fingerprint density at radius 2 is 1.91 bits per heavy atom. The third-order valence-corrected chi connectivity index (χ3v) is 4.13. The highest BCUT2D eigenvalue weighted by Crippen LogP contribution is 2.24. The lowest BCUT2D eigenvalue weighted by Gasteiger charge is -2.27. The van der Waals surface area contributed by atoms with Crippen molar-refractivity contribution >= 4 is 41.5 Å². The van der Waals surface area contributed by atoms with E-state index >= 15 is 0 Å². The molecule has 1 aromatic carbocycles. The van der Waals surface area contributed by atoms with E-state index in [0.29, 0.717) is 18.0 Å². The van der Waals surface area contributed by atoms with Gasteiger partial charge in [0.15, 0.2) is 0 Å². The molecule has 0 bridgehead atoms. The van der Waals surface area contributed by atoms with Crippen LogP contribution in [0.5, 0.6) is 0 Å². The lowest BCUT2D eigenvalue weighted by atomic mass is 9.87. The molecule has 1 unspecified atom stereocenters. The minimum atomic E-state index is -0.648. The molecule has 128 valence electrons. The van der Waals surface area contributed by atoms with E-state index in [4.69, 9.17) is 17.3 Å².